The first-order valence-corrected chi connectivity index (χ1v) is 3.95. The van der Waals surface area contributed by atoms with Crippen LogP contribution in [0.1, 0.15) is 18.3 Å². The first-order chi connectivity index (χ1) is 5.88. The van der Waals surface area contributed by atoms with Gasteiger partial charge in [-0.3, -0.25) is 0 Å². The van der Waals surface area contributed by atoms with Gasteiger partial charge in [0, 0.05) is 0 Å². The van der Waals surface area contributed by atoms with E-state index >= 15 is 0 Å². The fourth-order valence-corrected chi connectivity index (χ4v) is 1.28. The lowest BCUT2D eigenvalue weighted by atomic mass is 10.2. The minimum atomic E-state index is -4.43. The molecule has 13 heavy (non-hydrogen) atoms. The second-order valence-electron chi connectivity index (χ2n) is 2.47. The number of halogens is 3. The Balaban J connectivity index is 3.39. The van der Waals surface area contributed by atoms with E-state index in [-0.39, 0.29) is 16.9 Å². The number of aromatic nitrogens is 2. The van der Waals surface area contributed by atoms with Gasteiger partial charge in [0.1, 0.15) is 5.69 Å². The first-order valence-electron chi connectivity index (χ1n) is 3.54. The highest BCUT2D eigenvalue weighted by molar-refractivity contribution is 7.71. The Bertz CT molecular complexity index is 362. The molecule has 0 bridgehead atoms. The number of nitrogens with one attached hydrogen (secondary N) is 1. The summed E-state index contributed by atoms with van der Waals surface area (Å²) >= 11 is 4.58. The maximum Gasteiger partial charge on any atom is 0.433 e. The van der Waals surface area contributed by atoms with Gasteiger partial charge >= 0.3 is 6.18 Å². The largest absolute Gasteiger partial charge is 0.433 e. The van der Waals surface area contributed by atoms with E-state index in [9.17, 15) is 13.2 Å². The van der Waals surface area contributed by atoms with Crippen molar-refractivity contribution in [2.24, 2.45) is 0 Å². The molecule has 74 valence electrons. The molecule has 0 saturated heterocycles. The average Bonchev–Trinajstić information content (AvgIpc) is 2.28. The van der Waals surface area contributed by atoms with Gasteiger partial charge in [0.05, 0.1) is 5.69 Å². The van der Waals surface area contributed by atoms with Crippen molar-refractivity contribution in [3.05, 3.63) is 16.2 Å². The molecular weight excluding hydrogens is 203 g/mol. The number of alkyl halides is 3. The number of nitrogen functional groups attached to an aromatic ring is 1. The van der Waals surface area contributed by atoms with Gasteiger partial charge in [-0.1, -0.05) is 6.92 Å². The Morgan fingerprint density at radius 1 is 1.54 bits per heavy atom. The fourth-order valence-electron chi connectivity index (χ4n) is 1.06. The standard InChI is InChI=1S/C6H8F3N3S/c1-2-3-4(6(7,8)9)11-5(13)12(3)10/h2,10H2,1H3,(H,11,13). The predicted octanol–water partition coefficient (Wildman–Crippen LogP) is 1.84. The molecule has 1 rings (SSSR count). The summed E-state index contributed by atoms with van der Waals surface area (Å²) in [5.74, 6) is 5.29. The van der Waals surface area contributed by atoms with Crippen molar-refractivity contribution < 1.29 is 13.2 Å². The summed E-state index contributed by atoms with van der Waals surface area (Å²) < 4.78 is 37.6. The highest BCUT2D eigenvalue weighted by Crippen LogP contribution is 2.30. The zero-order chi connectivity index (χ0) is 10.2. The average molecular weight is 211 g/mol. The van der Waals surface area contributed by atoms with Crippen molar-refractivity contribution in [2.45, 2.75) is 19.5 Å². The molecule has 7 heteroatoms. The van der Waals surface area contributed by atoms with Gasteiger partial charge in [0.2, 0.25) is 0 Å². The van der Waals surface area contributed by atoms with Crippen LogP contribution >= 0.6 is 12.2 Å². The van der Waals surface area contributed by atoms with Crippen LogP contribution in [0, 0.1) is 4.77 Å². The van der Waals surface area contributed by atoms with E-state index in [1.165, 1.54) is 0 Å². The van der Waals surface area contributed by atoms with Gasteiger partial charge in [-0.05, 0) is 18.6 Å². The van der Waals surface area contributed by atoms with Gasteiger partial charge in [-0.25, -0.2) is 4.68 Å². The number of aromatic amines is 1. The first kappa shape index (κ1) is 10.1. The van der Waals surface area contributed by atoms with Gasteiger partial charge in [0.25, 0.3) is 0 Å². The van der Waals surface area contributed by atoms with Crippen LogP contribution in [0.4, 0.5) is 13.2 Å². The lowest BCUT2D eigenvalue weighted by molar-refractivity contribution is -0.141. The number of nitrogens with two attached hydrogens (primary N) is 1. The summed E-state index contributed by atoms with van der Waals surface area (Å²) in [5, 5.41) is 0. The van der Waals surface area contributed by atoms with E-state index in [1.807, 2.05) is 4.98 Å². The van der Waals surface area contributed by atoms with Crippen LogP contribution in [0.15, 0.2) is 0 Å². The topological polar surface area (TPSA) is 46.7 Å². The molecule has 0 spiro atoms. The van der Waals surface area contributed by atoms with Gasteiger partial charge in [-0.15, -0.1) is 0 Å². The van der Waals surface area contributed by atoms with Crippen molar-refractivity contribution in [1.29, 1.82) is 0 Å². The predicted molar refractivity (Wildman–Crippen MR) is 44.1 cm³/mol. The van der Waals surface area contributed by atoms with Gasteiger partial charge in [0.15, 0.2) is 4.77 Å². The number of rotatable bonds is 1. The number of hydrogen-bond donors (Lipinski definition) is 2. The second kappa shape index (κ2) is 3.06. The Morgan fingerprint density at radius 3 is 2.38 bits per heavy atom. The third kappa shape index (κ3) is 1.69. The van der Waals surface area contributed by atoms with Gasteiger partial charge < -0.3 is 10.8 Å². The van der Waals surface area contributed by atoms with Gasteiger partial charge in [-0.2, -0.15) is 13.2 Å². The Kier molecular flexibility index (Phi) is 2.38. The molecule has 0 aliphatic carbocycles. The normalized spacial score (nSPS) is 12.0. The van der Waals surface area contributed by atoms with Crippen molar-refractivity contribution in [3.8, 4) is 0 Å². The molecule has 0 atom stereocenters. The van der Waals surface area contributed by atoms with E-state index < -0.39 is 11.9 Å². The van der Waals surface area contributed by atoms with E-state index in [0.717, 1.165) is 4.68 Å². The zero-order valence-corrected chi connectivity index (χ0v) is 7.59. The number of hydrogen-bond acceptors (Lipinski definition) is 2. The maximum absolute atomic E-state index is 12.3. The van der Waals surface area contributed by atoms with Crippen molar-refractivity contribution in [3.63, 3.8) is 0 Å². The van der Waals surface area contributed by atoms with Crippen molar-refractivity contribution in [1.82, 2.24) is 9.66 Å². The SMILES string of the molecule is CCc1c(C(F)(F)F)[nH]c(=S)n1N. The number of imidazole rings is 1. The Hall–Kier alpha value is -0.980. The van der Waals surface area contributed by atoms with E-state index in [2.05, 4.69) is 12.2 Å². The monoisotopic (exact) mass is 211 g/mol. The molecule has 3 N–H and O–H groups in total. The Labute approximate surface area is 77.3 Å². The lowest BCUT2D eigenvalue weighted by Crippen LogP contribution is -2.15. The van der Waals surface area contributed by atoms with Crippen LogP contribution in [0.3, 0.4) is 0 Å². The van der Waals surface area contributed by atoms with Crippen molar-refractivity contribution in [2.75, 3.05) is 5.84 Å². The second-order valence-corrected chi connectivity index (χ2v) is 2.86. The Morgan fingerprint density at radius 2 is 2.08 bits per heavy atom. The highest BCUT2D eigenvalue weighted by Gasteiger charge is 2.36. The molecule has 0 aliphatic heterocycles. The molecule has 0 unspecified atom stereocenters. The molecule has 0 radical (unpaired) electrons. The summed E-state index contributed by atoms with van der Waals surface area (Å²) in [6.07, 6.45) is -4.25. The van der Waals surface area contributed by atoms with Crippen LogP contribution in [-0.4, -0.2) is 9.66 Å². The van der Waals surface area contributed by atoms with E-state index in [4.69, 9.17) is 5.84 Å². The minimum Gasteiger partial charge on any atom is -0.337 e. The summed E-state index contributed by atoms with van der Waals surface area (Å²) in [7, 11) is 0. The molecule has 3 nitrogen and oxygen atoms in total. The third-order valence-electron chi connectivity index (χ3n) is 1.65. The molecule has 1 aromatic heterocycles. The summed E-state index contributed by atoms with van der Waals surface area (Å²) in [5.41, 5.74) is -0.889. The molecule has 1 heterocycles. The van der Waals surface area contributed by atoms with E-state index in [1.54, 1.807) is 6.92 Å². The number of H-pyrrole nitrogens is 1. The van der Waals surface area contributed by atoms with Crippen LogP contribution in [0.2, 0.25) is 0 Å². The lowest BCUT2D eigenvalue weighted by Gasteiger charge is -2.06. The minimum absolute atomic E-state index is 0.0301. The molecule has 0 amide bonds. The molecule has 0 aliphatic rings. The van der Waals surface area contributed by atoms with E-state index in [0.29, 0.717) is 0 Å². The molecular formula is C6H8F3N3S. The van der Waals surface area contributed by atoms with Crippen LogP contribution < -0.4 is 5.84 Å². The summed E-state index contributed by atoms with van der Waals surface area (Å²) in [6, 6.07) is 0. The summed E-state index contributed by atoms with van der Waals surface area (Å²) in [4.78, 5) is 2.03. The smallest absolute Gasteiger partial charge is 0.337 e. The molecule has 1 aromatic rings. The molecule has 0 fully saturated rings. The highest BCUT2D eigenvalue weighted by atomic mass is 32.1. The summed E-state index contributed by atoms with van der Waals surface area (Å²) in [6.45, 7) is 1.58. The zero-order valence-electron chi connectivity index (χ0n) is 6.77. The third-order valence-corrected chi connectivity index (χ3v) is 1.95. The van der Waals surface area contributed by atoms with Crippen molar-refractivity contribution >= 4 is 12.2 Å². The molecule has 0 aromatic carbocycles. The molecule has 0 saturated carbocycles. The van der Waals surface area contributed by atoms with Crippen LogP contribution in [0.5, 0.6) is 0 Å². The maximum atomic E-state index is 12.3. The quantitative estimate of drug-likeness (QED) is 0.550. The fraction of sp³-hybridized carbons (Fsp3) is 0.500. The van der Waals surface area contributed by atoms with Crippen LogP contribution in [0.25, 0.3) is 0 Å². The number of nitrogens with zero attached hydrogens (tertiary/aromatic N) is 1. The van der Waals surface area contributed by atoms with Crippen LogP contribution in [-0.2, 0) is 12.6 Å².